The number of carbonyl (C=O) groups excluding carboxylic acids is 1. The van der Waals surface area contributed by atoms with Crippen LogP contribution in [0.1, 0.15) is 32.3 Å². The normalized spacial score (nSPS) is 20.5. The number of hydrogen-bond donors (Lipinski definition) is 1. The molecule has 21 heavy (non-hydrogen) atoms. The topological polar surface area (TPSA) is 59.0 Å². The van der Waals surface area contributed by atoms with Crippen molar-refractivity contribution in [2.45, 2.75) is 45.1 Å². The van der Waals surface area contributed by atoms with E-state index >= 15 is 0 Å². The van der Waals surface area contributed by atoms with Gasteiger partial charge in [-0.25, -0.2) is 4.79 Å². The zero-order valence-corrected chi connectivity index (χ0v) is 12.6. The molecule has 116 valence electrons. The molecule has 0 radical (unpaired) electrons. The van der Waals surface area contributed by atoms with E-state index in [1.54, 1.807) is 4.90 Å². The lowest BCUT2D eigenvalue weighted by Gasteiger charge is -2.32. The first-order valence-corrected chi connectivity index (χ1v) is 7.29. The number of amides is 1. The maximum Gasteiger partial charge on any atom is 0.412 e. The summed E-state index contributed by atoms with van der Waals surface area (Å²) in [6.45, 7) is 4.56. The fourth-order valence-corrected chi connectivity index (χ4v) is 2.58. The monoisotopic (exact) mass is 293 g/mol. The SMILES string of the molecule is CC1(C)OC[C@H](CCCO)N1C(=O)OCc1ccccc1. The first-order chi connectivity index (χ1) is 10.0. The maximum absolute atomic E-state index is 12.4. The van der Waals surface area contributed by atoms with Gasteiger partial charge < -0.3 is 14.6 Å². The summed E-state index contributed by atoms with van der Waals surface area (Å²) in [4.78, 5) is 14.0. The summed E-state index contributed by atoms with van der Waals surface area (Å²) >= 11 is 0. The molecule has 1 aliphatic rings. The third-order valence-electron chi connectivity index (χ3n) is 3.67. The smallest absolute Gasteiger partial charge is 0.412 e. The summed E-state index contributed by atoms with van der Waals surface area (Å²) in [5.41, 5.74) is 0.282. The Labute approximate surface area is 125 Å². The van der Waals surface area contributed by atoms with Crippen LogP contribution in [0.15, 0.2) is 30.3 Å². The van der Waals surface area contributed by atoms with E-state index < -0.39 is 5.72 Å². The molecule has 1 amide bonds. The van der Waals surface area contributed by atoms with Crippen LogP contribution in [-0.2, 0) is 16.1 Å². The number of nitrogens with zero attached hydrogens (tertiary/aromatic N) is 1. The number of rotatable bonds is 5. The molecule has 2 rings (SSSR count). The van der Waals surface area contributed by atoms with Crippen molar-refractivity contribution < 1.29 is 19.4 Å². The lowest BCUT2D eigenvalue weighted by molar-refractivity contribution is -0.0495. The van der Waals surface area contributed by atoms with Gasteiger partial charge in [-0.15, -0.1) is 0 Å². The molecule has 1 heterocycles. The van der Waals surface area contributed by atoms with Crippen LogP contribution in [0.3, 0.4) is 0 Å². The molecule has 1 N–H and O–H groups in total. The van der Waals surface area contributed by atoms with Crippen LogP contribution in [0.2, 0.25) is 0 Å². The Morgan fingerprint density at radius 1 is 1.43 bits per heavy atom. The van der Waals surface area contributed by atoms with Crippen molar-refractivity contribution in [1.82, 2.24) is 4.90 Å². The minimum absolute atomic E-state index is 0.0459. The summed E-state index contributed by atoms with van der Waals surface area (Å²) in [5.74, 6) is 0. The molecule has 0 aliphatic carbocycles. The Morgan fingerprint density at radius 3 is 2.81 bits per heavy atom. The van der Waals surface area contributed by atoms with Crippen molar-refractivity contribution in [1.29, 1.82) is 0 Å². The molecular formula is C16H23NO4. The van der Waals surface area contributed by atoms with Crippen molar-refractivity contribution >= 4 is 6.09 Å². The average molecular weight is 293 g/mol. The van der Waals surface area contributed by atoms with Gasteiger partial charge in [0.25, 0.3) is 0 Å². The fourth-order valence-electron chi connectivity index (χ4n) is 2.58. The average Bonchev–Trinajstić information content (AvgIpc) is 2.78. The Hall–Kier alpha value is -1.59. The fraction of sp³-hybridized carbons (Fsp3) is 0.562. The molecule has 5 heteroatoms. The Kier molecular flexibility index (Phi) is 5.20. The van der Waals surface area contributed by atoms with Gasteiger partial charge in [-0.1, -0.05) is 30.3 Å². The summed E-state index contributed by atoms with van der Waals surface area (Å²) in [6, 6.07) is 9.54. The second kappa shape index (κ2) is 6.91. The lowest BCUT2D eigenvalue weighted by atomic mass is 10.1. The van der Waals surface area contributed by atoms with Crippen molar-refractivity contribution in [3.05, 3.63) is 35.9 Å². The highest BCUT2D eigenvalue weighted by Crippen LogP contribution is 2.30. The molecular weight excluding hydrogens is 270 g/mol. The van der Waals surface area contributed by atoms with Crippen molar-refractivity contribution in [2.24, 2.45) is 0 Å². The highest BCUT2D eigenvalue weighted by molar-refractivity contribution is 5.69. The number of aliphatic hydroxyl groups is 1. The molecule has 0 spiro atoms. The summed E-state index contributed by atoms with van der Waals surface area (Å²) in [6.07, 6.45) is 0.983. The molecule has 5 nitrogen and oxygen atoms in total. The van der Waals surface area contributed by atoms with Crippen LogP contribution in [0.5, 0.6) is 0 Å². The van der Waals surface area contributed by atoms with Crippen LogP contribution in [-0.4, -0.2) is 41.1 Å². The van der Waals surface area contributed by atoms with Gasteiger partial charge in [-0.3, -0.25) is 4.90 Å². The zero-order valence-electron chi connectivity index (χ0n) is 12.6. The third kappa shape index (κ3) is 3.95. The molecule has 1 atom stereocenters. The van der Waals surface area contributed by atoms with E-state index in [4.69, 9.17) is 14.6 Å². The van der Waals surface area contributed by atoms with E-state index in [9.17, 15) is 4.79 Å². The predicted octanol–water partition coefficient (Wildman–Crippen LogP) is 2.53. The number of benzene rings is 1. The second-order valence-electron chi connectivity index (χ2n) is 5.69. The van der Waals surface area contributed by atoms with Crippen LogP contribution < -0.4 is 0 Å². The molecule has 1 saturated heterocycles. The number of aliphatic hydroxyl groups excluding tert-OH is 1. The summed E-state index contributed by atoms with van der Waals surface area (Å²) in [7, 11) is 0. The van der Waals surface area contributed by atoms with Crippen molar-refractivity contribution in [2.75, 3.05) is 13.2 Å². The van der Waals surface area contributed by atoms with E-state index in [0.29, 0.717) is 19.4 Å². The van der Waals surface area contributed by atoms with Crippen LogP contribution in [0.4, 0.5) is 4.79 Å². The summed E-state index contributed by atoms with van der Waals surface area (Å²) in [5, 5.41) is 8.96. The van der Waals surface area contributed by atoms with Crippen LogP contribution in [0, 0.1) is 0 Å². The second-order valence-corrected chi connectivity index (χ2v) is 5.69. The van der Waals surface area contributed by atoms with Gasteiger partial charge >= 0.3 is 6.09 Å². The van der Waals surface area contributed by atoms with E-state index in [-0.39, 0.29) is 25.3 Å². The predicted molar refractivity (Wildman–Crippen MR) is 78.6 cm³/mol. The summed E-state index contributed by atoms with van der Waals surface area (Å²) < 4.78 is 11.1. The van der Waals surface area contributed by atoms with Gasteiger partial charge in [-0.05, 0) is 32.3 Å². The minimum atomic E-state index is -0.673. The largest absolute Gasteiger partial charge is 0.444 e. The van der Waals surface area contributed by atoms with Gasteiger partial charge in [0.2, 0.25) is 0 Å². The number of ether oxygens (including phenoxy) is 2. The third-order valence-corrected chi connectivity index (χ3v) is 3.67. The van der Waals surface area contributed by atoms with E-state index in [2.05, 4.69) is 0 Å². The number of carbonyl (C=O) groups is 1. The van der Waals surface area contributed by atoms with E-state index in [1.165, 1.54) is 0 Å². The highest BCUT2D eigenvalue weighted by Gasteiger charge is 2.44. The van der Waals surface area contributed by atoms with E-state index in [0.717, 1.165) is 5.56 Å². The molecule has 1 aromatic carbocycles. The quantitative estimate of drug-likeness (QED) is 0.906. The van der Waals surface area contributed by atoms with Crippen LogP contribution >= 0.6 is 0 Å². The van der Waals surface area contributed by atoms with Gasteiger partial charge in [0.15, 0.2) is 0 Å². The molecule has 1 aliphatic heterocycles. The maximum atomic E-state index is 12.4. The molecule has 1 fully saturated rings. The minimum Gasteiger partial charge on any atom is -0.444 e. The lowest BCUT2D eigenvalue weighted by Crippen LogP contribution is -2.48. The van der Waals surface area contributed by atoms with Gasteiger partial charge in [0.05, 0.1) is 12.6 Å². The van der Waals surface area contributed by atoms with Crippen molar-refractivity contribution in [3.8, 4) is 0 Å². The molecule has 1 aromatic rings. The Bertz CT molecular complexity index is 461. The van der Waals surface area contributed by atoms with Crippen LogP contribution in [0.25, 0.3) is 0 Å². The zero-order chi connectivity index (χ0) is 15.3. The van der Waals surface area contributed by atoms with Gasteiger partial charge in [-0.2, -0.15) is 0 Å². The first-order valence-electron chi connectivity index (χ1n) is 7.29. The first kappa shape index (κ1) is 15.8. The van der Waals surface area contributed by atoms with Gasteiger partial charge in [0.1, 0.15) is 12.3 Å². The molecule has 0 unspecified atom stereocenters. The van der Waals surface area contributed by atoms with Gasteiger partial charge in [0, 0.05) is 6.61 Å². The van der Waals surface area contributed by atoms with E-state index in [1.807, 2.05) is 44.2 Å². The standard InChI is InChI=1S/C16H23NO4/c1-16(2)17(14(12-21-16)9-6-10-18)15(19)20-11-13-7-4-3-5-8-13/h3-5,7-8,14,18H,6,9-12H2,1-2H3/t14-/m0/s1. The molecule has 0 aromatic heterocycles. The Morgan fingerprint density at radius 2 is 2.14 bits per heavy atom. The number of hydrogen-bond acceptors (Lipinski definition) is 4. The molecule has 0 saturated carbocycles. The van der Waals surface area contributed by atoms with Crippen molar-refractivity contribution in [3.63, 3.8) is 0 Å². The molecule has 0 bridgehead atoms. The Balaban J connectivity index is 1.97. The highest BCUT2D eigenvalue weighted by atomic mass is 16.6.